The number of carbonyl (C=O) groups excluding carboxylic acids is 1. The summed E-state index contributed by atoms with van der Waals surface area (Å²) in [6.07, 6.45) is -0.361. The van der Waals surface area contributed by atoms with Crippen LogP contribution in [0.2, 0.25) is 0 Å². The number of rotatable bonds is 13. The Morgan fingerprint density at radius 1 is 1.13 bits per heavy atom. The Hall–Kier alpha value is -3.03. The van der Waals surface area contributed by atoms with Gasteiger partial charge in [-0.2, -0.15) is 17.5 Å². The third-order valence-electron chi connectivity index (χ3n) is 7.74. The molecule has 0 amide bonds. The number of likely N-dealkylation sites (N-methyl/N-ethyl adjacent to an activating group) is 1. The maximum atomic E-state index is 13.9. The average Bonchev–Trinajstić information content (AvgIpc) is 3.61. The Labute approximate surface area is 266 Å². The van der Waals surface area contributed by atoms with E-state index in [0.29, 0.717) is 21.7 Å². The number of carbonyl (C=O) groups is 1. The Kier molecular flexibility index (Phi) is 11.0. The predicted octanol–water partition coefficient (Wildman–Crippen LogP) is 6.16. The molecule has 1 heterocycles. The number of nitrogens with zero attached hydrogens (tertiary/aromatic N) is 1. The molecule has 244 valence electrons. The molecule has 0 unspecified atom stereocenters. The molecule has 1 aliphatic rings. The molecule has 3 aromatic rings. The Morgan fingerprint density at radius 2 is 1.80 bits per heavy atom. The van der Waals surface area contributed by atoms with Crippen LogP contribution in [0.25, 0.3) is 16.5 Å². The summed E-state index contributed by atoms with van der Waals surface area (Å²) in [5.41, 5.74) is 1.34. The molecule has 0 saturated carbocycles. The van der Waals surface area contributed by atoms with Crippen LogP contribution in [0.1, 0.15) is 48.8 Å². The fourth-order valence-electron chi connectivity index (χ4n) is 5.61. The van der Waals surface area contributed by atoms with Gasteiger partial charge in [0, 0.05) is 41.5 Å². The highest BCUT2D eigenvalue weighted by molar-refractivity contribution is 7.89. The number of hydrogen-bond acceptors (Lipinski definition) is 7. The summed E-state index contributed by atoms with van der Waals surface area (Å²) in [5, 5.41) is 14.1. The SMILES string of the molecule is CCOC(=O)C=Cc1ccc(-c2cc(C(F)(F)F)cc(S(=O)(=O)N(C)C[C@H](O)CNC(C)(C)CC3Cc4ccccc4C3)c2)s1. The lowest BCUT2D eigenvalue weighted by Crippen LogP contribution is -2.47. The van der Waals surface area contributed by atoms with Gasteiger partial charge in [0.2, 0.25) is 10.0 Å². The monoisotopic (exact) mass is 664 g/mol. The van der Waals surface area contributed by atoms with Crippen molar-refractivity contribution in [2.24, 2.45) is 5.92 Å². The highest BCUT2D eigenvalue weighted by atomic mass is 32.2. The van der Waals surface area contributed by atoms with Crippen LogP contribution in [0, 0.1) is 5.92 Å². The molecule has 7 nitrogen and oxygen atoms in total. The number of aliphatic hydroxyl groups is 1. The molecule has 45 heavy (non-hydrogen) atoms. The standard InChI is InChI=1S/C33H39F3N2O5S2/c1-5-43-31(40)13-11-28-10-12-30(44-28)25-16-26(33(34,35)36)18-29(17-25)45(41,42)38(4)21-27(39)20-37-32(2,3)19-22-14-23-8-6-7-9-24(23)15-22/h6-13,16-18,22,27,37,39H,5,14-15,19-21H2,1-4H3/t27-/m1/s1. The van der Waals surface area contributed by atoms with Crippen LogP contribution in [0.4, 0.5) is 13.2 Å². The topological polar surface area (TPSA) is 95.9 Å². The first kappa shape index (κ1) is 34.8. The summed E-state index contributed by atoms with van der Waals surface area (Å²) in [6, 6.07) is 14.2. The first-order valence-electron chi connectivity index (χ1n) is 14.7. The summed E-state index contributed by atoms with van der Waals surface area (Å²) >= 11 is 1.10. The van der Waals surface area contributed by atoms with E-state index in [-0.39, 0.29) is 30.8 Å². The zero-order chi connectivity index (χ0) is 33.0. The first-order chi connectivity index (χ1) is 21.1. The minimum absolute atomic E-state index is 0.0654. The van der Waals surface area contributed by atoms with Crippen LogP contribution in [0.5, 0.6) is 0 Å². The number of hydrogen-bond donors (Lipinski definition) is 2. The molecule has 2 aromatic carbocycles. The van der Waals surface area contributed by atoms with Gasteiger partial charge in [-0.15, -0.1) is 11.3 Å². The van der Waals surface area contributed by atoms with Gasteiger partial charge in [0.1, 0.15) is 0 Å². The lowest BCUT2D eigenvalue weighted by atomic mass is 9.88. The fourth-order valence-corrected chi connectivity index (χ4v) is 7.79. The van der Waals surface area contributed by atoms with E-state index in [9.17, 15) is 31.5 Å². The number of alkyl halides is 3. The lowest BCUT2D eigenvalue weighted by molar-refractivity contribution is -0.138. The van der Waals surface area contributed by atoms with Gasteiger partial charge in [-0.25, -0.2) is 13.2 Å². The minimum Gasteiger partial charge on any atom is -0.463 e. The van der Waals surface area contributed by atoms with Gasteiger partial charge in [0.15, 0.2) is 0 Å². The molecule has 2 N–H and O–H groups in total. The zero-order valence-corrected chi connectivity index (χ0v) is 27.4. The Bertz CT molecular complexity index is 1610. The van der Waals surface area contributed by atoms with E-state index in [1.807, 2.05) is 26.0 Å². The number of nitrogens with one attached hydrogen (secondary N) is 1. The van der Waals surface area contributed by atoms with Crippen LogP contribution < -0.4 is 5.32 Å². The molecule has 12 heteroatoms. The molecule has 0 aliphatic heterocycles. The number of sulfonamides is 1. The summed E-state index contributed by atoms with van der Waals surface area (Å²) < 4.78 is 74.3. The van der Waals surface area contributed by atoms with Crippen molar-refractivity contribution in [3.8, 4) is 10.4 Å². The summed E-state index contributed by atoms with van der Waals surface area (Å²) in [4.78, 5) is 12.1. The van der Waals surface area contributed by atoms with Crippen molar-refractivity contribution in [2.75, 3.05) is 26.7 Å². The van der Waals surface area contributed by atoms with E-state index in [1.165, 1.54) is 36.4 Å². The molecular formula is C33H39F3N2O5S2. The quantitative estimate of drug-likeness (QED) is 0.168. The van der Waals surface area contributed by atoms with E-state index in [4.69, 9.17) is 4.74 Å². The number of β-amino-alcohol motifs (C(OH)–C–C–N with tert-alkyl or cyclic N) is 1. The highest BCUT2D eigenvalue weighted by Crippen LogP contribution is 2.38. The van der Waals surface area contributed by atoms with Crippen molar-refractivity contribution in [1.29, 1.82) is 0 Å². The number of fused-ring (bicyclic) bond motifs is 1. The molecule has 0 bridgehead atoms. The van der Waals surface area contributed by atoms with Crippen LogP contribution in [0.3, 0.4) is 0 Å². The molecule has 0 spiro atoms. The van der Waals surface area contributed by atoms with E-state index >= 15 is 0 Å². The van der Waals surface area contributed by atoms with Crippen molar-refractivity contribution in [1.82, 2.24) is 9.62 Å². The molecule has 0 saturated heterocycles. The van der Waals surface area contributed by atoms with E-state index in [0.717, 1.165) is 41.0 Å². The van der Waals surface area contributed by atoms with Gasteiger partial charge in [-0.1, -0.05) is 24.3 Å². The third kappa shape index (κ3) is 9.26. The molecule has 1 atom stereocenters. The van der Waals surface area contributed by atoms with Gasteiger partial charge in [0.25, 0.3) is 0 Å². The van der Waals surface area contributed by atoms with E-state index in [2.05, 4.69) is 17.4 Å². The largest absolute Gasteiger partial charge is 0.463 e. The third-order valence-corrected chi connectivity index (χ3v) is 10.6. The van der Waals surface area contributed by atoms with Crippen molar-refractivity contribution in [2.45, 2.75) is 62.7 Å². The van der Waals surface area contributed by atoms with Gasteiger partial charge in [-0.3, -0.25) is 0 Å². The molecule has 0 radical (unpaired) electrons. The number of benzene rings is 2. The van der Waals surface area contributed by atoms with Crippen LogP contribution >= 0.6 is 11.3 Å². The number of aliphatic hydroxyl groups excluding tert-OH is 1. The molecule has 1 aliphatic carbocycles. The second-order valence-electron chi connectivity index (χ2n) is 12.0. The molecule has 4 rings (SSSR count). The van der Waals surface area contributed by atoms with Gasteiger partial charge >= 0.3 is 12.1 Å². The molecule has 1 aromatic heterocycles. The second kappa shape index (κ2) is 14.2. The predicted molar refractivity (Wildman–Crippen MR) is 170 cm³/mol. The Morgan fingerprint density at radius 3 is 2.42 bits per heavy atom. The highest BCUT2D eigenvalue weighted by Gasteiger charge is 2.34. The van der Waals surface area contributed by atoms with Gasteiger partial charge in [-0.05, 0) is 99.0 Å². The molecule has 0 fully saturated rings. The molecular weight excluding hydrogens is 626 g/mol. The number of thiophene rings is 1. The average molecular weight is 665 g/mol. The van der Waals surface area contributed by atoms with E-state index in [1.54, 1.807) is 19.1 Å². The number of ether oxygens (including phenoxy) is 1. The van der Waals surface area contributed by atoms with Crippen molar-refractivity contribution in [3.05, 3.63) is 82.2 Å². The maximum Gasteiger partial charge on any atom is 0.416 e. The summed E-state index contributed by atoms with van der Waals surface area (Å²) in [5.74, 6) is -0.100. The summed E-state index contributed by atoms with van der Waals surface area (Å²) in [6.45, 7) is 5.74. The summed E-state index contributed by atoms with van der Waals surface area (Å²) in [7, 11) is -3.16. The first-order valence-corrected chi connectivity index (χ1v) is 17.0. The smallest absolute Gasteiger partial charge is 0.416 e. The van der Waals surface area contributed by atoms with Gasteiger partial charge in [0.05, 0.1) is 23.2 Å². The van der Waals surface area contributed by atoms with Gasteiger partial charge < -0.3 is 15.2 Å². The van der Waals surface area contributed by atoms with E-state index < -0.39 is 38.7 Å². The fraction of sp³-hybridized carbons (Fsp3) is 0.424. The van der Waals surface area contributed by atoms with Crippen LogP contribution in [0.15, 0.2) is 65.6 Å². The van der Waals surface area contributed by atoms with Crippen molar-refractivity contribution < 1.29 is 36.2 Å². The minimum atomic E-state index is -4.79. The van der Waals surface area contributed by atoms with Crippen molar-refractivity contribution >= 4 is 33.4 Å². The van der Waals surface area contributed by atoms with Crippen LogP contribution in [-0.4, -0.2) is 62.2 Å². The zero-order valence-electron chi connectivity index (χ0n) is 25.7. The second-order valence-corrected chi connectivity index (χ2v) is 15.1. The van der Waals surface area contributed by atoms with Crippen LogP contribution in [-0.2, 0) is 38.6 Å². The lowest BCUT2D eigenvalue weighted by Gasteiger charge is -2.31. The Balaban J connectivity index is 1.44. The van der Waals surface area contributed by atoms with Crippen molar-refractivity contribution in [3.63, 3.8) is 0 Å². The number of halogens is 3. The maximum absolute atomic E-state index is 13.9. The normalized spacial score (nSPS) is 15.1. The number of esters is 1.